The van der Waals surface area contributed by atoms with E-state index in [0.29, 0.717) is 11.7 Å². The Morgan fingerprint density at radius 1 is 1.24 bits per heavy atom. The van der Waals surface area contributed by atoms with Crippen LogP contribution in [0.3, 0.4) is 0 Å². The van der Waals surface area contributed by atoms with E-state index < -0.39 is 0 Å². The standard InChI is InChI=1S/C14H17N7/c15-13-14-20-11(9-1-3-16-4-2-9)8-21(14)12(7-17-13)10-5-18-19-6-10/h5-9,16H,1-4H2,(H2,15,17)(H,18,19). The van der Waals surface area contributed by atoms with Crippen molar-refractivity contribution in [1.29, 1.82) is 0 Å². The second-order valence-corrected chi connectivity index (χ2v) is 5.40. The molecule has 0 amide bonds. The van der Waals surface area contributed by atoms with Crippen molar-refractivity contribution < 1.29 is 0 Å². The van der Waals surface area contributed by atoms with Gasteiger partial charge in [-0.25, -0.2) is 9.97 Å². The number of piperidine rings is 1. The Morgan fingerprint density at radius 2 is 2.10 bits per heavy atom. The van der Waals surface area contributed by atoms with E-state index in [-0.39, 0.29) is 0 Å². The number of fused-ring (bicyclic) bond motifs is 1. The molecule has 7 heteroatoms. The summed E-state index contributed by atoms with van der Waals surface area (Å²) >= 11 is 0. The van der Waals surface area contributed by atoms with Gasteiger partial charge in [-0.1, -0.05) is 0 Å². The molecule has 108 valence electrons. The Labute approximate surface area is 121 Å². The first-order valence-electron chi connectivity index (χ1n) is 7.16. The first-order valence-corrected chi connectivity index (χ1v) is 7.16. The zero-order valence-electron chi connectivity index (χ0n) is 11.6. The maximum Gasteiger partial charge on any atom is 0.180 e. The zero-order chi connectivity index (χ0) is 14.2. The van der Waals surface area contributed by atoms with E-state index in [1.54, 1.807) is 12.4 Å². The minimum absolute atomic E-state index is 0.461. The van der Waals surface area contributed by atoms with Gasteiger partial charge in [-0.05, 0) is 25.9 Å². The summed E-state index contributed by atoms with van der Waals surface area (Å²) in [5.41, 5.74) is 9.73. The fourth-order valence-corrected chi connectivity index (χ4v) is 2.93. The average molecular weight is 283 g/mol. The number of nitrogens with two attached hydrogens (primary N) is 1. The second kappa shape index (κ2) is 4.85. The molecular formula is C14H17N7. The Bertz CT molecular complexity index is 753. The molecule has 21 heavy (non-hydrogen) atoms. The normalized spacial score (nSPS) is 16.6. The van der Waals surface area contributed by atoms with Gasteiger partial charge in [0.25, 0.3) is 0 Å². The molecule has 7 nitrogen and oxygen atoms in total. The van der Waals surface area contributed by atoms with Gasteiger partial charge in [0, 0.05) is 23.9 Å². The van der Waals surface area contributed by atoms with E-state index in [9.17, 15) is 0 Å². The third-order valence-corrected chi connectivity index (χ3v) is 4.09. The monoisotopic (exact) mass is 283 g/mol. The van der Waals surface area contributed by atoms with Crippen molar-refractivity contribution in [2.24, 2.45) is 0 Å². The predicted molar refractivity (Wildman–Crippen MR) is 79.8 cm³/mol. The lowest BCUT2D eigenvalue weighted by Gasteiger charge is -2.20. The molecule has 0 atom stereocenters. The number of imidazole rings is 1. The molecule has 4 rings (SSSR count). The van der Waals surface area contributed by atoms with Crippen LogP contribution in [0.15, 0.2) is 24.8 Å². The van der Waals surface area contributed by atoms with Crippen molar-refractivity contribution in [3.05, 3.63) is 30.5 Å². The summed E-state index contributed by atoms with van der Waals surface area (Å²) in [6.45, 7) is 2.09. The molecule has 0 radical (unpaired) electrons. The third kappa shape index (κ3) is 2.06. The molecule has 1 saturated heterocycles. The molecule has 0 unspecified atom stereocenters. The van der Waals surface area contributed by atoms with Crippen LogP contribution in [0.25, 0.3) is 16.9 Å². The van der Waals surface area contributed by atoms with Crippen molar-refractivity contribution >= 4 is 11.5 Å². The lowest BCUT2D eigenvalue weighted by molar-refractivity contribution is 0.454. The summed E-state index contributed by atoms with van der Waals surface area (Å²) < 4.78 is 2.02. The van der Waals surface area contributed by atoms with Crippen molar-refractivity contribution in [3.8, 4) is 11.3 Å². The maximum atomic E-state index is 5.99. The minimum Gasteiger partial charge on any atom is -0.381 e. The number of nitrogen functional groups attached to an aromatic ring is 1. The summed E-state index contributed by atoms with van der Waals surface area (Å²) in [7, 11) is 0. The van der Waals surface area contributed by atoms with Gasteiger partial charge in [-0.2, -0.15) is 5.10 Å². The Hall–Kier alpha value is -2.41. The van der Waals surface area contributed by atoms with Crippen molar-refractivity contribution in [2.45, 2.75) is 18.8 Å². The highest BCUT2D eigenvalue weighted by atomic mass is 15.1. The van der Waals surface area contributed by atoms with E-state index >= 15 is 0 Å². The fraction of sp³-hybridized carbons (Fsp3) is 0.357. The molecule has 0 bridgehead atoms. The molecule has 1 aliphatic rings. The third-order valence-electron chi connectivity index (χ3n) is 4.09. The number of aromatic nitrogens is 5. The highest BCUT2D eigenvalue weighted by Crippen LogP contribution is 2.28. The second-order valence-electron chi connectivity index (χ2n) is 5.40. The Balaban J connectivity index is 1.85. The Kier molecular flexibility index (Phi) is 2.85. The number of aromatic amines is 1. The first-order chi connectivity index (χ1) is 10.3. The predicted octanol–water partition coefficient (Wildman–Crippen LogP) is 1.17. The topological polar surface area (TPSA) is 96.9 Å². The highest BCUT2D eigenvalue weighted by molar-refractivity contribution is 5.68. The number of H-pyrrole nitrogens is 1. The van der Waals surface area contributed by atoms with Gasteiger partial charge >= 0.3 is 0 Å². The summed E-state index contributed by atoms with van der Waals surface area (Å²) in [4.78, 5) is 8.99. The van der Waals surface area contributed by atoms with Crippen LogP contribution in [0.5, 0.6) is 0 Å². The van der Waals surface area contributed by atoms with Crippen LogP contribution in [0.2, 0.25) is 0 Å². The quantitative estimate of drug-likeness (QED) is 0.656. The largest absolute Gasteiger partial charge is 0.381 e. The number of hydrogen-bond acceptors (Lipinski definition) is 5. The van der Waals surface area contributed by atoms with Crippen molar-refractivity contribution in [2.75, 3.05) is 18.8 Å². The SMILES string of the molecule is Nc1ncc(-c2cn[nH]c2)n2cc(C3CCNCC3)nc12. The maximum absolute atomic E-state index is 5.99. The zero-order valence-corrected chi connectivity index (χ0v) is 11.6. The van der Waals surface area contributed by atoms with E-state index in [2.05, 4.69) is 26.7 Å². The van der Waals surface area contributed by atoms with Gasteiger partial charge in [0.2, 0.25) is 0 Å². The van der Waals surface area contributed by atoms with Crippen LogP contribution < -0.4 is 11.1 Å². The molecule has 3 aromatic rings. The molecule has 0 aromatic carbocycles. The number of anilines is 1. The first kappa shape index (κ1) is 12.3. The molecular weight excluding hydrogens is 266 g/mol. The van der Waals surface area contributed by atoms with Crippen molar-refractivity contribution in [3.63, 3.8) is 0 Å². The molecule has 4 heterocycles. The number of nitrogens with zero attached hydrogens (tertiary/aromatic N) is 4. The smallest absolute Gasteiger partial charge is 0.180 e. The fourth-order valence-electron chi connectivity index (χ4n) is 2.93. The Morgan fingerprint density at radius 3 is 2.86 bits per heavy atom. The summed E-state index contributed by atoms with van der Waals surface area (Å²) in [5, 5.41) is 10.2. The summed E-state index contributed by atoms with van der Waals surface area (Å²) in [6, 6.07) is 0. The molecule has 0 saturated carbocycles. The van der Waals surface area contributed by atoms with Gasteiger partial charge in [0.15, 0.2) is 11.5 Å². The number of rotatable bonds is 2. The van der Waals surface area contributed by atoms with E-state index in [4.69, 9.17) is 10.7 Å². The lowest BCUT2D eigenvalue weighted by atomic mass is 9.95. The molecule has 1 fully saturated rings. The van der Waals surface area contributed by atoms with Crippen LogP contribution in [0.4, 0.5) is 5.82 Å². The molecule has 3 aromatic heterocycles. The minimum atomic E-state index is 0.461. The van der Waals surface area contributed by atoms with E-state index in [1.807, 2.05) is 10.6 Å². The van der Waals surface area contributed by atoms with E-state index in [0.717, 1.165) is 48.5 Å². The highest BCUT2D eigenvalue weighted by Gasteiger charge is 2.20. The van der Waals surface area contributed by atoms with Crippen LogP contribution in [-0.2, 0) is 0 Å². The van der Waals surface area contributed by atoms with Crippen LogP contribution in [-0.4, -0.2) is 37.7 Å². The number of hydrogen-bond donors (Lipinski definition) is 3. The van der Waals surface area contributed by atoms with Gasteiger partial charge in [0.05, 0.1) is 23.8 Å². The van der Waals surface area contributed by atoms with Crippen LogP contribution >= 0.6 is 0 Å². The molecule has 1 aliphatic heterocycles. The summed E-state index contributed by atoms with van der Waals surface area (Å²) in [6.07, 6.45) is 9.69. The van der Waals surface area contributed by atoms with Gasteiger partial charge in [0.1, 0.15) is 0 Å². The van der Waals surface area contributed by atoms with Crippen LogP contribution in [0.1, 0.15) is 24.5 Å². The molecule has 0 spiro atoms. The van der Waals surface area contributed by atoms with Gasteiger partial charge in [-0.15, -0.1) is 0 Å². The van der Waals surface area contributed by atoms with Crippen LogP contribution in [0, 0.1) is 0 Å². The summed E-state index contributed by atoms with van der Waals surface area (Å²) in [5.74, 6) is 0.949. The number of nitrogens with one attached hydrogen (secondary N) is 2. The molecule has 0 aliphatic carbocycles. The van der Waals surface area contributed by atoms with E-state index in [1.165, 1.54) is 0 Å². The molecule has 4 N–H and O–H groups in total. The van der Waals surface area contributed by atoms with Gasteiger partial charge < -0.3 is 11.1 Å². The lowest BCUT2D eigenvalue weighted by Crippen LogP contribution is -2.26. The average Bonchev–Trinajstić information content (AvgIpc) is 3.18. The van der Waals surface area contributed by atoms with Crippen molar-refractivity contribution in [1.82, 2.24) is 29.9 Å². The van der Waals surface area contributed by atoms with Gasteiger partial charge in [-0.3, -0.25) is 9.50 Å².